The van der Waals surface area contributed by atoms with Gasteiger partial charge in [-0.15, -0.1) is 0 Å². The summed E-state index contributed by atoms with van der Waals surface area (Å²) in [7, 11) is 0. The van der Waals surface area contributed by atoms with E-state index < -0.39 is 0 Å². The van der Waals surface area contributed by atoms with E-state index >= 15 is 0 Å². The topological polar surface area (TPSA) is 54.9 Å². The predicted molar refractivity (Wildman–Crippen MR) is 81.8 cm³/mol. The van der Waals surface area contributed by atoms with E-state index in [2.05, 4.69) is 15.3 Å². The minimum absolute atomic E-state index is 0.308. The van der Waals surface area contributed by atoms with Crippen LogP contribution in [-0.2, 0) is 6.42 Å². The lowest BCUT2D eigenvalue weighted by atomic mass is 10.2. The number of hydrogen-bond donors (Lipinski definition) is 1. The van der Waals surface area contributed by atoms with E-state index in [0.717, 1.165) is 6.42 Å². The van der Waals surface area contributed by atoms with Gasteiger partial charge in [-0.25, -0.2) is 14.4 Å². The molecule has 5 heteroatoms. The van der Waals surface area contributed by atoms with Crippen molar-refractivity contribution < 1.29 is 9.18 Å². The third-order valence-corrected chi connectivity index (χ3v) is 2.72. The van der Waals surface area contributed by atoms with Crippen molar-refractivity contribution in [1.82, 2.24) is 9.97 Å². The van der Waals surface area contributed by atoms with Gasteiger partial charge in [-0.05, 0) is 30.7 Å². The summed E-state index contributed by atoms with van der Waals surface area (Å²) in [5.74, 6) is 0.0537. The molecule has 0 saturated carbocycles. The van der Waals surface area contributed by atoms with E-state index in [1.807, 2.05) is 20.8 Å². The highest BCUT2D eigenvalue weighted by Gasteiger charge is 2.09. The number of halogens is 1. The van der Waals surface area contributed by atoms with Gasteiger partial charge in [0.15, 0.2) is 0 Å². The number of benzene rings is 1. The number of rotatable bonds is 3. The monoisotopic (exact) mass is 289 g/mol. The minimum Gasteiger partial charge on any atom is -0.322 e. The Morgan fingerprint density at radius 1 is 1.24 bits per heavy atom. The van der Waals surface area contributed by atoms with Gasteiger partial charge in [0.25, 0.3) is 5.91 Å². The molecule has 0 atom stereocenters. The van der Waals surface area contributed by atoms with Gasteiger partial charge in [-0.1, -0.05) is 20.8 Å². The fourth-order valence-electron chi connectivity index (χ4n) is 1.62. The van der Waals surface area contributed by atoms with Crippen LogP contribution in [0.15, 0.2) is 30.6 Å². The Kier molecular flexibility index (Phi) is 6.46. The van der Waals surface area contributed by atoms with Gasteiger partial charge in [0.2, 0.25) is 0 Å². The number of nitrogens with zero attached hydrogens (tertiary/aromatic N) is 2. The number of nitrogens with one attached hydrogen (secondary N) is 1. The summed E-state index contributed by atoms with van der Waals surface area (Å²) in [4.78, 5) is 20.1. The Bertz CT molecular complexity index is 597. The molecule has 112 valence electrons. The quantitative estimate of drug-likeness (QED) is 0.936. The van der Waals surface area contributed by atoms with Gasteiger partial charge in [0.1, 0.15) is 11.6 Å². The van der Waals surface area contributed by atoms with Crippen LogP contribution in [0.1, 0.15) is 42.5 Å². The molecule has 0 spiro atoms. The van der Waals surface area contributed by atoms with Gasteiger partial charge in [0.05, 0.1) is 5.56 Å². The number of anilines is 1. The molecule has 0 fully saturated rings. The van der Waals surface area contributed by atoms with Crippen LogP contribution >= 0.6 is 0 Å². The second-order valence-electron chi connectivity index (χ2n) is 4.15. The third kappa shape index (κ3) is 4.63. The Morgan fingerprint density at radius 2 is 1.86 bits per heavy atom. The zero-order chi connectivity index (χ0) is 15.8. The molecule has 0 radical (unpaired) electrons. The zero-order valence-electron chi connectivity index (χ0n) is 12.8. The number of hydrogen-bond acceptors (Lipinski definition) is 3. The Balaban J connectivity index is 0.00000106. The first kappa shape index (κ1) is 16.8. The maximum absolute atomic E-state index is 13.0. The molecule has 0 saturated heterocycles. The minimum atomic E-state index is -0.328. The largest absolute Gasteiger partial charge is 0.322 e. The molecule has 0 bridgehead atoms. The molecular weight excluding hydrogens is 269 g/mol. The third-order valence-electron chi connectivity index (χ3n) is 2.72. The summed E-state index contributed by atoms with van der Waals surface area (Å²) in [6.07, 6.45) is 3.69. The van der Waals surface area contributed by atoms with Crippen LogP contribution in [0, 0.1) is 12.7 Å². The Hall–Kier alpha value is -2.30. The molecule has 2 rings (SSSR count). The average molecular weight is 289 g/mol. The van der Waals surface area contributed by atoms with Crippen molar-refractivity contribution in [3.63, 3.8) is 0 Å². The fourth-order valence-corrected chi connectivity index (χ4v) is 1.62. The Morgan fingerprint density at radius 3 is 2.38 bits per heavy atom. The van der Waals surface area contributed by atoms with Crippen molar-refractivity contribution in [1.29, 1.82) is 0 Å². The molecule has 2 aromatic rings. The summed E-state index contributed by atoms with van der Waals surface area (Å²) in [6.45, 7) is 7.67. The van der Waals surface area contributed by atoms with Crippen molar-refractivity contribution in [2.24, 2.45) is 0 Å². The van der Waals surface area contributed by atoms with Crippen molar-refractivity contribution in [2.75, 3.05) is 5.32 Å². The van der Waals surface area contributed by atoms with Crippen molar-refractivity contribution in [2.45, 2.75) is 34.1 Å². The van der Waals surface area contributed by atoms with Crippen molar-refractivity contribution >= 4 is 11.6 Å². The smallest absolute Gasteiger partial charge is 0.258 e. The number of aromatic nitrogens is 2. The van der Waals surface area contributed by atoms with Crippen molar-refractivity contribution in [3.8, 4) is 0 Å². The van der Waals surface area contributed by atoms with E-state index in [1.165, 1.54) is 30.6 Å². The lowest BCUT2D eigenvalue weighted by Crippen LogP contribution is -2.14. The van der Waals surface area contributed by atoms with Crippen LogP contribution in [0.5, 0.6) is 0 Å². The normalized spacial score (nSPS) is 9.57. The van der Waals surface area contributed by atoms with E-state index in [1.54, 1.807) is 6.92 Å². The molecule has 1 heterocycles. The van der Waals surface area contributed by atoms with Crippen LogP contribution in [0.25, 0.3) is 0 Å². The van der Waals surface area contributed by atoms with Crippen LogP contribution in [0.4, 0.5) is 10.1 Å². The van der Waals surface area contributed by atoms with E-state index in [4.69, 9.17) is 0 Å². The second-order valence-corrected chi connectivity index (χ2v) is 4.15. The molecule has 0 aliphatic rings. The fraction of sp³-hybridized carbons (Fsp3) is 0.312. The summed E-state index contributed by atoms with van der Waals surface area (Å²) in [5.41, 5.74) is 1.62. The summed E-state index contributed by atoms with van der Waals surface area (Å²) >= 11 is 0. The van der Waals surface area contributed by atoms with E-state index in [-0.39, 0.29) is 11.7 Å². The molecule has 0 aliphatic heterocycles. The van der Waals surface area contributed by atoms with Crippen molar-refractivity contribution in [3.05, 3.63) is 53.4 Å². The maximum atomic E-state index is 13.0. The highest BCUT2D eigenvalue weighted by Crippen LogP contribution is 2.16. The summed E-state index contributed by atoms with van der Waals surface area (Å²) in [6, 6.07) is 4.20. The maximum Gasteiger partial charge on any atom is 0.258 e. The molecular formula is C16H20FN3O. The van der Waals surface area contributed by atoms with Crippen LogP contribution < -0.4 is 5.32 Å². The summed E-state index contributed by atoms with van der Waals surface area (Å²) in [5, 5.41) is 2.71. The second kappa shape index (κ2) is 8.09. The number of carbonyl (C=O) groups is 1. The Labute approximate surface area is 124 Å². The molecule has 4 nitrogen and oxygen atoms in total. The lowest BCUT2D eigenvalue weighted by molar-refractivity contribution is 0.102. The SMILES string of the molecule is CC.CCc1ncc(C(=O)Nc2ccc(F)cc2C)cn1. The summed E-state index contributed by atoms with van der Waals surface area (Å²) < 4.78 is 13.0. The number of carbonyl (C=O) groups excluding carboxylic acids is 1. The highest BCUT2D eigenvalue weighted by atomic mass is 19.1. The first-order valence-corrected chi connectivity index (χ1v) is 6.98. The standard InChI is InChI=1S/C14H14FN3O.C2H6/c1-3-13-16-7-10(8-17-13)14(19)18-12-5-4-11(15)6-9(12)2;1-2/h4-8H,3H2,1-2H3,(H,18,19);1-2H3. The lowest BCUT2D eigenvalue weighted by Gasteiger charge is -2.08. The molecule has 1 aromatic carbocycles. The molecule has 1 N–H and O–H groups in total. The first-order valence-electron chi connectivity index (χ1n) is 6.98. The average Bonchev–Trinajstić information content (AvgIpc) is 2.52. The van der Waals surface area contributed by atoms with E-state index in [0.29, 0.717) is 22.6 Å². The predicted octanol–water partition coefficient (Wildman–Crippen LogP) is 3.77. The van der Waals surface area contributed by atoms with Gasteiger partial charge in [0, 0.05) is 24.5 Å². The molecule has 0 aliphatic carbocycles. The number of amides is 1. The molecule has 0 unspecified atom stereocenters. The van der Waals surface area contributed by atoms with Gasteiger partial charge < -0.3 is 5.32 Å². The number of aryl methyl sites for hydroxylation is 2. The van der Waals surface area contributed by atoms with Crippen LogP contribution in [0.3, 0.4) is 0 Å². The van der Waals surface area contributed by atoms with Crippen LogP contribution in [0.2, 0.25) is 0 Å². The van der Waals surface area contributed by atoms with Gasteiger partial charge in [-0.3, -0.25) is 4.79 Å². The van der Waals surface area contributed by atoms with Crippen LogP contribution in [-0.4, -0.2) is 15.9 Å². The molecule has 1 amide bonds. The van der Waals surface area contributed by atoms with Gasteiger partial charge >= 0.3 is 0 Å². The highest BCUT2D eigenvalue weighted by molar-refractivity contribution is 6.04. The van der Waals surface area contributed by atoms with Gasteiger partial charge in [-0.2, -0.15) is 0 Å². The zero-order valence-corrected chi connectivity index (χ0v) is 12.8. The first-order chi connectivity index (χ1) is 10.1. The van der Waals surface area contributed by atoms with E-state index in [9.17, 15) is 9.18 Å². The molecule has 21 heavy (non-hydrogen) atoms. The molecule has 1 aromatic heterocycles.